The summed E-state index contributed by atoms with van der Waals surface area (Å²) in [4.78, 5) is 78.0. The van der Waals surface area contributed by atoms with Crippen molar-refractivity contribution in [3.05, 3.63) is 246 Å². The summed E-state index contributed by atoms with van der Waals surface area (Å²) in [7, 11) is -13.3. The molecule has 16 nitrogen and oxygen atoms in total. The first-order chi connectivity index (χ1) is 67.1. The molecule has 0 bridgehead atoms. The smallest absolute Gasteiger partial charge is 0.432 e. The van der Waals surface area contributed by atoms with Crippen LogP contribution in [0.4, 0.5) is 52.7 Å². The van der Waals surface area contributed by atoms with Crippen LogP contribution in [0.25, 0.3) is 0 Å². The van der Waals surface area contributed by atoms with Crippen molar-refractivity contribution in [3.63, 3.8) is 0 Å². The highest BCUT2D eigenvalue weighted by Gasteiger charge is 2.67. The normalized spacial score (nSPS) is 20.0. The minimum atomic E-state index is -6.79. The van der Waals surface area contributed by atoms with E-state index in [9.17, 15) is 107 Å². The van der Waals surface area contributed by atoms with Gasteiger partial charge in [0.25, 0.3) is 18.1 Å². The number of alkyl halides is 12. The molecular formula is C111H132F12I5O16S3+. The third kappa shape index (κ3) is 33.7. The second kappa shape index (κ2) is 49.4. The number of ether oxygens (including phenoxy) is 4. The van der Waals surface area contributed by atoms with Gasteiger partial charge in [0.15, 0.2) is 55.3 Å². The van der Waals surface area contributed by atoms with Crippen LogP contribution < -0.4 is 47.1 Å². The van der Waals surface area contributed by atoms with E-state index in [2.05, 4.69) is 332 Å². The van der Waals surface area contributed by atoms with Crippen LogP contribution >= 0.6 is 67.8 Å². The van der Waals surface area contributed by atoms with Crippen molar-refractivity contribution in [2.75, 3.05) is 6.61 Å². The number of ketones is 3. The molecule has 4 saturated carbocycles. The molecule has 147 heavy (non-hydrogen) atoms. The first kappa shape index (κ1) is 126. The van der Waals surface area contributed by atoms with Crippen molar-refractivity contribution in [2.45, 2.75) is 324 Å². The molecule has 808 valence electrons. The highest BCUT2D eigenvalue weighted by molar-refractivity contribution is 14.1. The van der Waals surface area contributed by atoms with E-state index in [0.717, 1.165) is 21.8 Å². The maximum Gasteiger partial charge on any atom is 0.432 e. The van der Waals surface area contributed by atoms with Crippen LogP contribution in [0.2, 0.25) is 0 Å². The van der Waals surface area contributed by atoms with Crippen LogP contribution in [0.3, 0.4) is 0 Å². The van der Waals surface area contributed by atoms with Crippen molar-refractivity contribution in [1.29, 1.82) is 0 Å². The van der Waals surface area contributed by atoms with Gasteiger partial charge in [0.2, 0.25) is 0 Å². The predicted octanol–water partition coefficient (Wildman–Crippen LogP) is 22.3. The van der Waals surface area contributed by atoms with E-state index in [-0.39, 0.29) is 172 Å². The molecule has 4 aliphatic carbocycles. The fourth-order valence-corrected chi connectivity index (χ4v) is 28.0. The summed E-state index contributed by atoms with van der Waals surface area (Å²) in [5, 5.41) is -10.6. The lowest BCUT2D eigenvalue weighted by molar-refractivity contribution is -0.597. The number of benzene rings is 8. The summed E-state index contributed by atoms with van der Waals surface area (Å²) in [6.07, 6.45) is -19.8. The van der Waals surface area contributed by atoms with Crippen LogP contribution in [0, 0.1) is 71.3 Å². The maximum atomic E-state index is 13.8. The number of carbonyl (C=O) groups excluding carboxylic acids is 6. The van der Waals surface area contributed by atoms with Crippen LogP contribution in [-0.4, -0.2) is 115 Å². The van der Waals surface area contributed by atoms with E-state index in [1.807, 2.05) is 28.7 Å². The Morgan fingerprint density at radius 2 is 0.837 bits per heavy atom. The molecule has 0 saturated heterocycles. The molecule has 12 rings (SSSR count). The first-order valence-corrected chi connectivity index (χ1v) is 59.6. The molecule has 0 N–H and O–H groups in total. The van der Waals surface area contributed by atoms with Gasteiger partial charge in [0.1, 0.15) is 23.1 Å². The molecule has 4 unspecified atom stereocenters. The number of hydrogen-bond acceptors (Lipinski definition) is 16. The van der Waals surface area contributed by atoms with Gasteiger partial charge in [-0.3, -0.25) is 24.0 Å². The minimum Gasteiger partial charge on any atom is -0.743 e. The maximum absolute atomic E-state index is 13.8. The number of Topliss-reactive ketones (excluding diaryl/α,β-unsaturated/α-hetero) is 3. The monoisotopic (exact) mass is 2680 g/mol. The average Bonchev–Trinajstić information content (AvgIpc) is 1.57. The molecule has 0 amide bonds. The van der Waals surface area contributed by atoms with Crippen molar-refractivity contribution in [3.8, 4) is 5.75 Å². The highest BCUT2D eigenvalue weighted by Crippen LogP contribution is 2.67. The topological polar surface area (TPSA) is 254 Å². The number of halogens is 17. The second-order valence-electron chi connectivity index (χ2n) is 44.6. The molecule has 36 heteroatoms. The molecule has 0 aromatic heterocycles. The molecule has 0 spiro atoms. The van der Waals surface area contributed by atoms with Crippen molar-refractivity contribution in [2.24, 2.45) is 46.3 Å². The van der Waals surface area contributed by atoms with Gasteiger partial charge in [-0.15, -0.1) is 0 Å². The Hall–Kier alpha value is -6.04. The van der Waals surface area contributed by atoms with Gasteiger partial charge < -0.3 is 28.1 Å². The van der Waals surface area contributed by atoms with E-state index in [0.29, 0.717) is 48.2 Å². The summed E-state index contributed by atoms with van der Waals surface area (Å²) in [6, 6.07) is 62.9. The summed E-state index contributed by atoms with van der Waals surface area (Å²) in [6.45, 7) is 46.2. The van der Waals surface area contributed by atoms with Gasteiger partial charge in [-0.1, -0.05) is 218 Å². The van der Waals surface area contributed by atoms with Crippen molar-refractivity contribution >= 4 is 134 Å². The quantitative estimate of drug-likeness (QED) is 0.00753. The van der Waals surface area contributed by atoms with Crippen molar-refractivity contribution < 1.29 is 169 Å². The van der Waals surface area contributed by atoms with E-state index >= 15 is 0 Å². The fourth-order valence-electron chi connectivity index (χ4n) is 18.4. The van der Waals surface area contributed by atoms with Gasteiger partial charge in [0, 0.05) is 67.5 Å². The number of fused-ring (bicyclic) bond motifs is 5. The number of esters is 3. The summed E-state index contributed by atoms with van der Waals surface area (Å²) >= 11 is 6.00. The van der Waals surface area contributed by atoms with E-state index in [1.54, 1.807) is 32.0 Å². The SMILES string of the molecule is CC(C)(C)c1ccc([I+]c2ccc(C(C)(C)C)cc2)cc1.CC(C)(C)c1ccc([I+]c2ccc(C(C)(C)C)cc2)cc1.CC(C)(C)c1ccc([S+](c2ccc(OC(C(C)(F)F)C(F)(F)F)cc2)c2ccc(C(C)(C)C)cc2)cc1.CC(CCC(=O)OC(C(F)(F)F)C(F)(F)S(=O)(=O)[O-])[C@H]1CC[C@H]2[C@@H]3C(=O)C[C@@H]4CC(=O)CC[C@]4(C)[C@H]3CC(=O)[C@]12C.CC(OC(=O)CCCOC(=O)c1cc(I)cc(I)c1I)C(F)(F)S(=O)(=O)[O-]. The number of rotatable bonds is 25. The lowest BCUT2D eigenvalue weighted by atomic mass is 9.44. The second-order valence-corrected chi connectivity index (χ2v) is 59.0. The Labute approximate surface area is 922 Å². The zero-order chi connectivity index (χ0) is 111. The Balaban J connectivity index is 0.000000230. The lowest BCUT2D eigenvalue weighted by Crippen LogP contribution is -3.61. The number of carbonyl (C=O) groups is 6. The standard InChI is InChI=1S/C30H34F5OS.C27H35F5O8S.2C20H26I.C14H13F2I3O7S/c1-27(2,3)20-8-14-23(15-9-20)37(24-16-10-21(11-17-24)28(4,5)6)25-18-12-22(13-19-25)36-26(29(7,31)32)30(33,34)35;1-13(4-7-21(36)40-23(26(28,29)30)27(31,32)41(37,38)39)16-5-6-17-22-18(12-20(35)25(16,17)3)24(2)9-8-15(33)10-14(24)11-19(22)34;2*1-19(2,3)15-7-11-17(12-8-15)21-18-13-9-16(10-14-18)20(4,5)6;1-7(14(15,16)27(22,23)24)26-11(20)3-2-4-25-13(21)9-5-8(17)6-10(18)12(9)19/h8-19,26H,1-7H3;13-14,16-18,22-23H,4-12H2,1-3H3,(H,37,38,39);2*7-14H,1-6H3;5-7H,2-4H2,1H3,(H,22,23,24)/q+1;;2*+1;/p-2/t;13?,14-,16+,17-,18-,22-,23?,24-,25+;;;/m.0.../s1. The van der Waals surface area contributed by atoms with Crippen LogP contribution in [0.15, 0.2) is 197 Å². The zero-order valence-corrected chi connectivity index (χ0v) is 99.9. The molecular weight excluding hydrogens is 2550 g/mol. The fraction of sp³-hybridized carbons (Fsp3) is 0.514. The van der Waals surface area contributed by atoms with Crippen LogP contribution in [0.5, 0.6) is 5.75 Å². The molecule has 0 heterocycles. The minimum absolute atomic E-state index is 0.0130. The highest BCUT2D eigenvalue weighted by atomic mass is 127. The average molecular weight is 2680 g/mol. The van der Waals surface area contributed by atoms with Crippen LogP contribution in [0.1, 0.15) is 274 Å². The molecule has 0 aliphatic heterocycles. The van der Waals surface area contributed by atoms with E-state index < -0.39 is 120 Å². The summed E-state index contributed by atoms with van der Waals surface area (Å²) in [5.41, 5.74) is 8.08. The molecule has 11 atom stereocenters. The molecule has 8 aromatic carbocycles. The first-order valence-electron chi connectivity index (χ1n) is 48.0. The third-order valence-corrected chi connectivity index (χ3v) is 40.4. The van der Waals surface area contributed by atoms with E-state index in [1.165, 1.54) is 59.8 Å². The zero-order valence-electron chi connectivity index (χ0n) is 86.7. The van der Waals surface area contributed by atoms with Gasteiger partial charge in [0.05, 0.1) is 23.1 Å². The molecule has 4 fully saturated rings. The number of hydrogen-bond donors (Lipinski definition) is 0. The molecule has 8 aromatic rings. The van der Waals surface area contributed by atoms with Crippen molar-refractivity contribution in [1.82, 2.24) is 0 Å². The third-order valence-electron chi connectivity index (χ3n) is 27.2. The van der Waals surface area contributed by atoms with Gasteiger partial charge in [-0.2, -0.15) is 43.9 Å². The predicted molar refractivity (Wildman–Crippen MR) is 560 cm³/mol. The van der Waals surface area contributed by atoms with E-state index in [4.69, 9.17) is 9.47 Å². The summed E-state index contributed by atoms with van der Waals surface area (Å²) < 4.78 is 250. The largest absolute Gasteiger partial charge is 0.743 e. The Kier molecular flexibility index (Phi) is 42.4. The van der Waals surface area contributed by atoms with Gasteiger partial charge >= 0.3 is 83.2 Å². The Bertz CT molecular complexity index is 5820. The molecule has 4 aliphatic rings. The van der Waals surface area contributed by atoms with Gasteiger partial charge in [-0.05, 0) is 317 Å². The summed E-state index contributed by atoms with van der Waals surface area (Å²) in [5.74, 6) is -9.42. The lowest BCUT2D eigenvalue weighted by Gasteiger charge is -2.58. The Morgan fingerprint density at radius 1 is 0.469 bits per heavy atom. The van der Waals surface area contributed by atoms with Crippen LogP contribution in [-0.2, 0) is 102 Å². The molecule has 0 radical (unpaired) electrons. The van der Waals surface area contributed by atoms with Gasteiger partial charge in [-0.25, -0.2) is 30.4 Å². The Morgan fingerprint density at radius 3 is 1.20 bits per heavy atom.